The molecule has 0 bridgehead atoms. The van der Waals surface area contributed by atoms with E-state index in [4.69, 9.17) is 13.9 Å². The molecular formula is C21H18N4O4S. The van der Waals surface area contributed by atoms with Crippen molar-refractivity contribution in [1.82, 2.24) is 14.8 Å². The standard InChI is InChI=1S/C21H18N4O4S/c1-25-20(18-10-13-4-2-3-5-15(13)29-18)23-24-21(25)30-12-19(26)22-14-6-7-16-17(11-14)28-9-8-27-16/h2-7,10-11H,8-9,12H2,1H3,(H,22,26). The van der Waals surface area contributed by atoms with Gasteiger partial charge in [-0.05, 0) is 24.3 Å². The first-order valence-electron chi connectivity index (χ1n) is 9.38. The number of thioether (sulfide) groups is 1. The van der Waals surface area contributed by atoms with Gasteiger partial charge in [-0.1, -0.05) is 30.0 Å². The lowest BCUT2D eigenvalue weighted by atomic mass is 10.2. The van der Waals surface area contributed by atoms with E-state index < -0.39 is 0 Å². The van der Waals surface area contributed by atoms with E-state index in [1.807, 2.05) is 41.9 Å². The van der Waals surface area contributed by atoms with Gasteiger partial charge in [0.25, 0.3) is 0 Å². The van der Waals surface area contributed by atoms with Gasteiger partial charge in [0, 0.05) is 24.2 Å². The van der Waals surface area contributed by atoms with Crippen molar-refractivity contribution in [2.24, 2.45) is 7.05 Å². The molecule has 0 saturated heterocycles. The number of hydrogen-bond acceptors (Lipinski definition) is 7. The van der Waals surface area contributed by atoms with Gasteiger partial charge in [-0.2, -0.15) is 0 Å². The minimum absolute atomic E-state index is 0.148. The minimum Gasteiger partial charge on any atom is -0.486 e. The van der Waals surface area contributed by atoms with Gasteiger partial charge >= 0.3 is 0 Å². The van der Waals surface area contributed by atoms with Gasteiger partial charge < -0.3 is 23.8 Å². The first-order chi connectivity index (χ1) is 14.7. The van der Waals surface area contributed by atoms with Gasteiger partial charge in [-0.25, -0.2) is 0 Å². The van der Waals surface area contributed by atoms with Crippen LogP contribution < -0.4 is 14.8 Å². The summed E-state index contributed by atoms with van der Waals surface area (Å²) >= 11 is 1.31. The number of furan rings is 1. The van der Waals surface area contributed by atoms with E-state index >= 15 is 0 Å². The van der Waals surface area contributed by atoms with E-state index in [1.54, 1.807) is 18.2 Å². The lowest BCUT2D eigenvalue weighted by Crippen LogP contribution is -2.17. The van der Waals surface area contributed by atoms with Crippen LogP contribution in [0.25, 0.3) is 22.6 Å². The van der Waals surface area contributed by atoms with Crippen molar-refractivity contribution < 1.29 is 18.7 Å². The number of benzene rings is 2. The Kier molecular flexibility index (Phi) is 4.80. The quantitative estimate of drug-likeness (QED) is 0.490. The Bertz CT molecular complexity index is 1200. The number of nitrogens with zero attached hydrogens (tertiary/aromatic N) is 3. The fourth-order valence-corrected chi connectivity index (χ4v) is 3.91. The normalized spacial score (nSPS) is 12.8. The number of amides is 1. The number of aromatic nitrogens is 3. The number of anilines is 1. The molecule has 0 fully saturated rings. The highest BCUT2D eigenvalue weighted by Crippen LogP contribution is 2.33. The summed E-state index contributed by atoms with van der Waals surface area (Å²) in [4.78, 5) is 12.4. The van der Waals surface area contributed by atoms with Crippen molar-refractivity contribution in [2.75, 3.05) is 24.3 Å². The van der Waals surface area contributed by atoms with Gasteiger partial charge in [0.15, 0.2) is 28.2 Å². The predicted molar refractivity (Wildman–Crippen MR) is 113 cm³/mol. The maximum Gasteiger partial charge on any atom is 0.234 e. The Morgan fingerprint density at radius 2 is 1.93 bits per heavy atom. The van der Waals surface area contributed by atoms with Gasteiger partial charge in [-0.3, -0.25) is 4.79 Å². The molecule has 0 aliphatic carbocycles. The molecule has 0 radical (unpaired) electrons. The third-order valence-electron chi connectivity index (χ3n) is 4.64. The Morgan fingerprint density at radius 3 is 2.80 bits per heavy atom. The summed E-state index contributed by atoms with van der Waals surface area (Å²) < 4.78 is 18.7. The molecule has 0 atom stereocenters. The number of para-hydroxylation sites is 1. The molecule has 9 heteroatoms. The van der Waals surface area contributed by atoms with Crippen LogP contribution >= 0.6 is 11.8 Å². The molecule has 1 aliphatic heterocycles. The molecule has 3 heterocycles. The van der Waals surface area contributed by atoms with Crippen LogP contribution in [0.5, 0.6) is 11.5 Å². The maximum atomic E-state index is 12.4. The second-order valence-electron chi connectivity index (χ2n) is 6.71. The fraction of sp³-hybridized carbons (Fsp3) is 0.190. The van der Waals surface area contributed by atoms with Crippen LogP contribution in [0.15, 0.2) is 58.1 Å². The highest BCUT2D eigenvalue weighted by atomic mass is 32.2. The summed E-state index contributed by atoms with van der Waals surface area (Å²) in [6.45, 7) is 1.03. The van der Waals surface area contributed by atoms with E-state index in [9.17, 15) is 4.79 Å². The minimum atomic E-state index is -0.148. The second-order valence-corrected chi connectivity index (χ2v) is 7.65. The Balaban J connectivity index is 1.25. The zero-order valence-corrected chi connectivity index (χ0v) is 16.9. The third-order valence-corrected chi connectivity index (χ3v) is 5.66. The molecule has 5 rings (SSSR count). The summed E-state index contributed by atoms with van der Waals surface area (Å²) in [6.07, 6.45) is 0. The number of hydrogen-bond donors (Lipinski definition) is 1. The van der Waals surface area contributed by atoms with E-state index in [-0.39, 0.29) is 11.7 Å². The third kappa shape index (κ3) is 3.59. The van der Waals surface area contributed by atoms with E-state index in [0.717, 1.165) is 11.0 Å². The van der Waals surface area contributed by atoms with Gasteiger partial charge in [0.05, 0.1) is 5.75 Å². The summed E-state index contributed by atoms with van der Waals surface area (Å²) in [5.74, 6) is 2.62. The molecule has 152 valence electrons. The number of carbonyl (C=O) groups is 1. The smallest absolute Gasteiger partial charge is 0.234 e. The monoisotopic (exact) mass is 422 g/mol. The van der Waals surface area contributed by atoms with E-state index in [2.05, 4.69) is 15.5 Å². The first-order valence-corrected chi connectivity index (χ1v) is 10.4. The predicted octanol–water partition coefficient (Wildman–Crippen LogP) is 3.73. The summed E-state index contributed by atoms with van der Waals surface area (Å²) in [5.41, 5.74) is 1.45. The van der Waals surface area contributed by atoms with Crippen LogP contribution in [-0.4, -0.2) is 39.6 Å². The molecule has 1 amide bonds. The van der Waals surface area contributed by atoms with Crippen LogP contribution in [0.2, 0.25) is 0 Å². The Labute approximate surface area is 176 Å². The summed E-state index contributed by atoms with van der Waals surface area (Å²) in [7, 11) is 1.85. The maximum absolute atomic E-state index is 12.4. The number of carbonyl (C=O) groups excluding carboxylic acids is 1. The molecular weight excluding hydrogens is 404 g/mol. The van der Waals surface area contributed by atoms with Crippen molar-refractivity contribution in [3.63, 3.8) is 0 Å². The molecule has 2 aromatic heterocycles. The molecule has 0 unspecified atom stereocenters. The molecule has 2 aromatic carbocycles. The number of ether oxygens (including phenoxy) is 2. The van der Waals surface area contributed by atoms with Crippen LogP contribution in [0, 0.1) is 0 Å². The average molecular weight is 422 g/mol. The summed E-state index contributed by atoms with van der Waals surface area (Å²) in [5, 5.41) is 12.9. The first kappa shape index (κ1) is 18.6. The van der Waals surface area contributed by atoms with Gasteiger partial charge in [-0.15, -0.1) is 10.2 Å². The lowest BCUT2D eigenvalue weighted by molar-refractivity contribution is -0.113. The fourth-order valence-electron chi connectivity index (χ4n) is 3.20. The highest BCUT2D eigenvalue weighted by Gasteiger charge is 2.17. The molecule has 0 spiro atoms. The SMILES string of the molecule is Cn1c(SCC(=O)Nc2ccc3c(c2)OCCO3)nnc1-c1cc2ccccc2o1. The van der Waals surface area contributed by atoms with Crippen LogP contribution in [-0.2, 0) is 11.8 Å². The number of rotatable bonds is 5. The second kappa shape index (κ2) is 7.75. The van der Waals surface area contributed by atoms with Crippen LogP contribution in [0.4, 0.5) is 5.69 Å². The topological polar surface area (TPSA) is 91.4 Å². The van der Waals surface area contributed by atoms with Crippen molar-refractivity contribution in [1.29, 1.82) is 0 Å². The van der Waals surface area contributed by atoms with Gasteiger partial charge in [0.1, 0.15) is 18.8 Å². The largest absolute Gasteiger partial charge is 0.486 e. The lowest BCUT2D eigenvalue weighted by Gasteiger charge is -2.18. The van der Waals surface area contributed by atoms with Crippen molar-refractivity contribution in [3.05, 3.63) is 48.5 Å². The molecule has 0 saturated carbocycles. The Hall–Kier alpha value is -3.46. The van der Waals surface area contributed by atoms with Crippen molar-refractivity contribution >= 4 is 34.3 Å². The van der Waals surface area contributed by atoms with Gasteiger partial charge in [0.2, 0.25) is 5.91 Å². The molecule has 30 heavy (non-hydrogen) atoms. The molecule has 8 nitrogen and oxygen atoms in total. The van der Waals surface area contributed by atoms with E-state index in [0.29, 0.717) is 47.1 Å². The zero-order valence-electron chi connectivity index (χ0n) is 16.1. The van der Waals surface area contributed by atoms with Crippen molar-refractivity contribution in [3.8, 4) is 23.1 Å². The van der Waals surface area contributed by atoms with Crippen LogP contribution in [0.1, 0.15) is 0 Å². The molecule has 1 N–H and O–H groups in total. The summed E-state index contributed by atoms with van der Waals surface area (Å²) in [6, 6.07) is 15.1. The number of fused-ring (bicyclic) bond motifs is 2. The molecule has 1 aliphatic rings. The average Bonchev–Trinajstić information content (AvgIpc) is 3.35. The molecule has 4 aromatic rings. The highest BCUT2D eigenvalue weighted by molar-refractivity contribution is 7.99. The zero-order chi connectivity index (χ0) is 20.5. The van der Waals surface area contributed by atoms with Crippen LogP contribution in [0.3, 0.4) is 0 Å². The van der Waals surface area contributed by atoms with E-state index in [1.165, 1.54) is 11.8 Å². The number of nitrogens with one attached hydrogen (secondary N) is 1. The van der Waals surface area contributed by atoms with Crippen molar-refractivity contribution in [2.45, 2.75) is 5.16 Å². The Morgan fingerprint density at radius 1 is 1.10 bits per heavy atom.